The molecule has 1 heterocycles. The second-order valence-electron chi connectivity index (χ2n) is 4.72. The molecular weight excluding hydrogens is 230 g/mol. The second-order valence-corrected chi connectivity index (χ2v) is 4.72. The first kappa shape index (κ1) is 12.6. The van der Waals surface area contributed by atoms with Crippen molar-refractivity contribution in [1.29, 1.82) is 0 Å². The van der Waals surface area contributed by atoms with Gasteiger partial charge < -0.3 is 10.0 Å². The van der Waals surface area contributed by atoms with Gasteiger partial charge in [0.2, 0.25) is 5.91 Å². The van der Waals surface area contributed by atoms with E-state index >= 15 is 0 Å². The maximum Gasteiger partial charge on any atom is 0.303 e. The monoisotopic (exact) mass is 247 g/mol. The van der Waals surface area contributed by atoms with E-state index in [1.165, 1.54) is 0 Å². The van der Waals surface area contributed by atoms with Crippen LogP contribution in [0.2, 0.25) is 0 Å². The van der Waals surface area contributed by atoms with E-state index in [9.17, 15) is 9.59 Å². The number of carboxylic acids is 1. The molecule has 0 saturated heterocycles. The Bertz CT molecular complexity index is 496. The Morgan fingerprint density at radius 3 is 2.83 bits per heavy atom. The third-order valence-electron chi connectivity index (χ3n) is 3.57. The van der Waals surface area contributed by atoms with Gasteiger partial charge in [0.15, 0.2) is 0 Å². The normalized spacial score (nSPS) is 15.7. The Labute approximate surface area is 106 Å². The van der Waals surface area contributed by atoms with E-state index in [1.807, 2.05) is 25.1 Å². The van der Waals surface area contributed by atoms with Crippen LogP contribution in [0.25, 0.3) is 0 Å². The Balaban J connectivity index is 2.29. The first-order chi connectivity index (χ1) is 8.52. The molecule has 0 fully saturated rings. The number of carbonyl (C=O) groups is 2. The van der Waals surface area contributed by atoms with Crippen LogP contribution in [0.4, 0.5) is 5.69 Å². The van der Waals surface area contributed by atoms with Gasteiger partial charge in [0.1, 0.15) is 0 Å². The van der Waals surface area contributed by atoms with E-state index < -0.39 is 5.97 Å². The van der Waals surface area contributed by atoms with E-state index in [0.29, 0.717) is 6.42 Å². The molecule has 0 aliphatic carbocycles. The van der Waals surface area contributed by atoms with E-state index in [0.717, 1.165) is 23.2 Å². The molecule has 1 amide bonds. The molecule has 0 bridgehead atoms. The van der Waals surface area contributed by atoms with Crippen molar-refractivity contribution in [2.24, 2.45) is 0 Å². The van der Waals surface area contributed by atoms with E-state index in [2.05, 4.69) is 0 Å². The molecule has 2 rings (SSSR count). The number of anilines is 1. The van der Waals surface area contributed by atoms with E-state index in [4.69, 9.17) is 5.11 Å². The zero-order valence-corrected chi connectivity index (χ0v) is 10.6. The summed E-state index contributed by atoms with van der Waals surface area (Å²) >= 11 is 0. The average Bonchev–Trinajstić information content (AvgIpc) is 2.61. The molecule has 1 atom stereocenters. The van der Waals surface area contributed by atoms with Crippen LogP contribution < -0.4 is 4.90 Å². The molecule has 4 nitrogen and oxygen atoms in total. The molecule has 0 saturated carbocycles. The first-order valence-electron chi connectivity index (χ1n) is 6.14. The molecule has 4 heteroatoms. The largest absolute Gasteiger partial charge is 0.481 e. The number of amides is 1. The fourth-order valence-corrected chi connectivity index (χ4v) is 2.45. The van der Waals surface area contributed by atoms with Crippen LogP contribution in [0.1, 0.15) is 36.8 Å². The molecule has 0 spiro atoms. The van der Waals surface area contributed by atoms with Crippen molar-refractivity contribution >= 4 is 17.6 Å². The van der Waals surface area contributed by atoms with Gasteiger partial charge in [-0.25, -0.2) is 0 Å². The Kier molecular flexibility index (Phi) is 3.36. The third-order valence-corrected chi connectivity index (χ3v) is 3.57. The molecule has 1 aliphatic heterocycles. The van der Waals surface area contributed by atoms with Crippen LogP contribution in [-0.4, -0.2) is 24.0 Å². The summed E-state index contributed by atoms with van der Waals surface area (Å²) < 4.78 is 0. The summed E-state index contributed by atoms with van der Waals surface area (Å²) in [5.74, 6) is -0.669. The smallest absolute Gasteiger partial charge is 0.303 e. The van der Waals surface area contributed by atoms with Gasteiger partial charge in [-0.2, -0.15) is 0 Å². The van der Waals surface area contributed by atoms with Crippen LogP contribution in [-0.2, 0) is 16.0 Å². The minimum absolute atomic E-state index is 0.0220. The molecule has 1 aromatic rings. The van der Waals surface area contributed by atoms with Gasteiger partial charge in [0.05, 0.1) is 12.8 Å². The Morgan fingerprint density at radius 2 is 2.22 bits per heavy atom. The quantitative estimate of drug-likeness (QED) is 0.887. The number of benzene rings is 1. The van der Waals surface area contributed by atoms with Crippen molar-refractivity contribution in [1.82, 2.24) is 0 Å². The van der Waals surface area contributed by atoms with Crippen LogP contribution in [0.5, 0.6) is 0 Å². The fraction of sp³-hybridized carbons (Fsp3) is 0.429. The van der Waals surface area contributed by atoms with Crippen molar-refractivity contribution in [3.8, 4) is 0 Å². The van der Waals surface area contributed by atoms with Gasteiger partial charge in [-0.3, -0.25) is 9.59 Å². The second kappa shape index (κ2) is 4.80. The molecule has 0 radical (unpaired) electrons. The number of aliphatic carboxylic acids is 1. The van der Waals surface area contributed by atoms with Gasteiger partial charge in [-0.05, 0) is 29.5 Å². The molecule has 1 aliphatic rings. The van der Waals surface area contributed by atoms with E-state index in [-0.39, 0.29) is 18.2 Å². The standard InChI is InChI=1S/C14H17NO3/c1-3-9(8-14(17)18)10-4-5-12-11(6-10)7-13(16)15(12)2/h4-6,9H,3,7-8H2,1-2H3,(H,17,18). The Morgan fingerprint density at radius 1 is 1.50 bits per heavy atom. The molecule has 1 unspecified atom stereocenters. The van der Waals surface area contributed by atoms with Crippen LogP contribution in [0.3, 0.4) is 0 Å². The van der Waals surface area contributed by atoms with Crippen molar-refractivity contribution in [3.63, 3.8) is 0 Å². The SMILES string of the molecule is CCC(CC(=O)O)c1ccc2c(c1)CC(=O)N2C. The predicted molar refractivity (Wildman–Crippen MR) is 68.8 cm³/mol. The molecule has 18 heavy (non-hydrogen) atoms. The van der Waals surface area contributed by atoms with Crippen LogP contribution >= 0.6 is 0 Å². The summed E-state index contributed by atoms with van der Waals surface area (Å²) in [5, 5.41) is 8.89. The zero-order valence-electron chi connectivity index (χ0n) is 10.6. The highest BCUT2D eigenvalue weighted by Crippen LogP contribution is 2.32. The third kappa shape index (κ3) is 2.23. The first-order valence-corrected chi connectivity index (χ1v) is 6.14. The van der Waals surface area contributed by atoms with E-state index in [1.54, 1.807) is 11.9 Å². The van der Waals surface area contributed by atoms with Crippen LogP contribution in [0.15, 0.2) is 18.2 Å². The van der Waals surface area contributed by atoms with Crippen LogP contribution in [0, 0.1) is 0 Å². The molecular formula is C14H17NO3. The number of rotatable bonds is 4. The van der Waals surface area contributed by atoms with Gasteiger partial charge in [0, 0.05) is 12.7 Å². The maximum absolute atomic E-state index is 11.6. The molecule has 0 aromatic heterocycles. The lowest BCUT2D eigenvalue weighted by Gasteiger charge is -2.15. The maximum atomic E-state index is 11.6. The zero-order chi connectivity index (χ0) is 13.3. The topological polar surface area (TPSA) is 57.6 Å². The number of hydrogen-bond acceptors (Lipinski definition) is 2. The highest BCUT2D eigenvalue weighted by atomic mass is 16.4. The Hall–Kier alpha value is -1.84. The van der Waals surface area contributed by atoms with Crippen molar-refractivity contribution in [2.75, 3.05) is 11.9 Å². The number of likely N-dealkylation sites (N-methyl/N-ethyl adjacent to an activating group) is 1. The van der Waals surface area contributed by atoms with Gasteiger partial charge in [-0.1, -0.05) is 19.1 Å². The summed E-state index contributed by atoms with van der Waals surface area (Å²) in [6, 6.07) is 5.83. The molecule has 96 valence electrons. The summed E-state index contributed by atoms with van der Waals surface area (Å²) in [7, 11) is 1.77. The number of carboxylic acid groups (broad SMARTS) is 1. The average molecular weight is 247 g/mol. The molecule has 1 N–H and O–H groups in total. The summed E-state index contributed by atoms with van der Waals surface area (Å²) in [6.45, 7) is 1.98. The number of nitrogens with zero attached hydrogens (tertiary/aromatic N) is 1. The number of hydrogen-bond donors (Lipinski definition) is 1. The lowest BCUT2D eigenvalue weighted by Crippen LogP contribution is -2.20. The predicted octanol–water partition coefficient (Wildman–Crippen LogP) is 2.17. The lowest BCUT2D eigenvalue weighted by molar-refractivity contribution is -0.137. The fourth-order valence-electron chi connectivity index (χ4n) is 2.45. The summed E-state index contributed by atoms with van der Waals surface area (Å²) in [6.07, 6.45) is 1.34. The minimum atomic E-state index is -0.782. The molecule has 1 aromatic carbocycles. The number of carbonyl (C=O) groups excluding carboxylic acids is 1. The highest BCUT2D eigenvalue weighted by Gasteiger charge is 2.25. The highest BCUT2D eigenvalue weighted by molar-refractivity contribution is 6.00. The van der Waals surface area contributed by atoms with Gasteiger partial charge >= 0.3 is 5.97 Å². The minimum Gasteiger partial charge on any atom is -0.481 e. The number of fused-ring (bicyclic) bond motifs is 1. The van der Waals surface area contributed by atoms with Crippen molar-refractivity contribution in [3.05, 3.63) is 29.3 Å². The van der Waals surface area contributed by atoms with Gasteiger partial charge in [-0.15, -0.1) is 0 Å². The summed E-state index contributed by atoms with van der Waals surface area (Å²) in [5.41, 5.74) is 2.96. The van der Waals surface area contributed by atoms with Gasteiger partial charge in [0.25, 0.3) is 0 Å². The van der Waals surface area contributed by atoms with Crippen molar-refractivity contribution in [2.45, 2.75) is 32.1 Å². The lowest BCUT2D eigenvalue weighted by atomic mass is 9.91. The summed E-state index contributed by atoms with van der Waals surface area (Å²) in [4.78, 5) is 24.1. The van der Waals surface area contributed by atoms with Crippen molar-refractivity contribution < 1.29 is 14.7 Å².